The number of rotatable bonds is 10. The first-order valence-corrected chi connectivity index (χ1v) is 18.0. The summed E-state index contributed by atoms with van der Waals surface area (Å²) in [6, 6.07) is 9.48. The molecule has 2 fully saturated rings. The molecule has 1 saturated heterocycles. The van der Waals surface area contributed by atoms with Crippen LogP contribution >= 0.6 is 0 Å². The second-order valence-corrected chi connectivity index (χ2v) is 15.5. The van der Waals surface area contributed by atoms with Crippen molar-refractivity contribution in [2.45, 2.75) is 58.1 Å². The minimum absolute atomic E-state index is 0.0121. The molecule has 254 valence electrons. The van der Waals surface area contributed by atoms with Gasteiger partial charge >= 0.3 is 5.97 Å². The molecule has 3 heterocycles. The minimum Gasteiger partial charge on any atom is -0.461 e. The van der Waals surface area contributed by atoms with Crippen molar-refractivity contribution >= 4 is 38.5 Å². The highest BCUT2D eigenvalue weighted by Gasteiger charge is 2.39. The third-order valence-corrected chi connectivity index (χ3v) is 11.5. The highest BCUT2D eigenvalue weighted by atomic mass is 32.2. The van der Waals surface area contributed by atoms with Gasteiger partial charge in [0.1, 0.15) is 11.9 Å². The zero-order chi connectivity index (χ0) is 33.3. The number of nitrogens with two attached hydrogens (primary N) is 1. The maximum atomic E-state index is 14.4. The summed E-state index contributed by atoms with van der Waals surface area (Å²) in [6.45, 7) is 8.87. The first-order chi connectivity index (χ1) is 22.4. The number of hydrogen-bond acceptors (Lipinski definition) is 9. The van der Waals surface area contributed by atoms with E-state index in [2.05, 4.69) is 15.5 Å². The van der Waals surface area contributed by atoms with Gasteiger partial charge in [0.05, 0.1) is 36.6 Å². The highest BCUT2D eigenvalue weighted by molar-refractivity contribution is 7.90. The lowest BCUT2D eigenvalue weighted by molar-refractivity contribution is -0.149. The third-order valence-electron chi connectivity index (χ3n) is 9.36. The number of nitrogens with zero attached hydrogens (tertiary/aromatic N) is 2. The Labute approximate surface area is 275 Å². The van der Waals surface area contributed by atoms with Gasteiger partial charge in [-0.2, -0.15) is 0 Å². The molecular formula is C34H44FN5O6S. The quantitative estimate of drug-likeness (QED) is 0.218. The molecule has 13 heteroatoms. The first kappa shape index (κ1) is 33.4. The molecule has 4 N–H and O–H groups in total. The van der Waals surface area contributed by atoms with E-state index in [1.54, 1.807) is 18.2 Å². The van der Waals surface area contributed by atoms with Crippen LogP contribution in [0.3, 0.4) is 0 Å². The molecule has 11 nitrogen and oxygen atoms in total. The summed E-state index contributed by atoms with van der Waals surface area (Å²) in [5.41, 5.74) is 8.43. The number of ether oxygens (including phenoxy) is 2. The van der Waals surface area contributed by atoms with Gasteiger partial charge < -0.3 is 25.8 Å². The first-order valence-electron chi connectivity index (χ1n) is 16.4. The molecule has 2 aliphatic heterocycles. The summed E-state index contributed by atoms with van der Waals surface area (Å²) in [5, 5.41) is 7.29. The molecule has 1 aromatic heterocycles. The Bertz CT molecular complexity index is 1760. The normalized spacial score (nSPS) is 22.4. The number of anilines is 1. The molecule has 1 aliphatic carbocycles. The van der Waals surface area contributed by atoms with Crippen LogP contribution in [-0.4, -0.2) is 93.0 Å². The van der Waals surface area contributed by atoms with Gasteiger partial charge in [-0.1, -0.05) is 19.9 Å². The van der Waals surface area contributed by atoms with Crippen LogP contribution in [0, 0.1) is 11.2 Å². The van der Waals surface area contributed by atoms with E-state index in [1.165, 1.54) is 16.1 Å². The van der Waals surface area contributed by atoms with E-state index in [1.807, 2.05) is 19.9 Å². The van der Waals surface area contributed by atoms with E-state index in [4.69, 9.17) is 15.2 Å². The van der Waals surface area contributed by atoms with Crippen molar-refractivity contribution in [1.82, 2.24) is 14.2 Å². The number of carbonyl (C=O) groups is 2. The van der Waals surface area contributed by atoms with E-state index < -0.39 is 27.2 Å². The van der Waals surface area contributed by atoms with Crippen LogP contribution in [0.5, 0.6) is 0 Å². The number of amides is 1. The van der Waals surface area contributed by atoms with Gasteiger partial charge in [-0.25, -0.2) is 16.8 Å². The van der Waals surface area contributed by atoms with Crippen molar-refractivity contribution in [3.8, 4) is 11.1 Å². The fraction of sp³-hybridized carbons (Fsp3) is 0.529. The van der Waals surface area contributed by atoms with Crippen molar-refractivity contribution < 1.29 is 31.9 Å². The molecule has 0 bridgehead atoms. The van der Waals surface area contributed by atoms with Crippen LogP contribution in [-0.2, 0) is 30.7 Å². The lowest BCUT2D eigenvalue weighted by Gasteiger charge is -2.32. The lowest BCUT2D eigenvalue weighted by atomic mass is 9.87. The second-order valence-electron chi connectivity index (χ2n) is 13.7. The molecular weight excluding hydrogens is 625 g/mol. The van der Waals surface area contributed by atoms with Crippen LogP contribution in [0.15, 0.2) is 36.4 Å². The minimum atomic E-state index is -3.75. The number of primary amides is 1. The van der Waals surface area contributed by atoms with E-state index in [0.717, 1.165) is 45.7 Å². The maximum Gasteiger partial charge on any atom is 0.320 e. The largest absolute Gasteiger partial charge is 0.461 e. The average molecular weight is 670 g/mol. The molecule has 2 aromatic carbocycles. The number of nitrogens with one attached hydrogen (secondary N) is 2. The number of halogens is 1. The van der Waals surface area contributed by atoms with Gasteiger partial charge in [-0.15, -0.1) is 0 Å². The number of carbonyl (C=O) groups excluding carboxylic acids is 2. The van der Waals surface area contributed by atoms with E-state index in [9.17, 15) is 22.4 Å². The molecule has 0 spiro atoms. The Balaban J connectivity index is 1.15. The molecule has 1 saturated carbocycles. The fourth-order valence-corrected chi connectivity index (χ4v) is 9.37. The zero-order valence-electron chi connectivity index (χ0n) is 27.0. The van der Waals surface area contributed by atoms with Gasteiger partial charge in [-0.05, 0) is 73.4 Å². The SMILES string of the molecule is CC1(C)Cc2c(-c3ccc(C(N)=O)c(NC4CCC(OC(=O)CNCCN5CCOCC5)CC4)c3)c3ccc(F)cc3n2S(=O)(=O)C1. The summed E-state index contributed by atoms with van der Waals surface area (Å²) in [7, 11) is -3.75. The maximum absolute atomic E-state index is 14.4. The molecule has 3 aliphatic rings. The molecule has 1 amide bonds. The van der Waals surface area contributed by atoms with Crippen molar-refractivity contribution in [2.24, 2.45) is 11.1 Å². The molecule has 3 aromatic rings. The van der Waals surface area contributed by atoms with Crippen molar-refractivity contribution in [3.05, 3.63) is 53.5 Å². The Hall–Kier alpha value is -3.52. The number of aromatic nitrogens is 1. The molecule has 47 heavy (non-hydrogen) atoms. The topological polar surface area (TPSA) is 145 Å². The number of morpholine rings is 1. The monoisotopic (exact) mass is 669 g/mol. The Morgan fingerprint density at radius 1 is 1.09 bits per heavy atom. The number of fused-ring (bicyclic) bond motifs is 3. The fourth-order valence-electron chi connectivity index (χ4n) is 7.21. The number of esters is 1. The van der Waals surface area contributed by atoms with Gasteiger partial charge in [0, 0.05) is 54.6 Å². The van der Waals surface area contributed by atoms with E-state index in [0.29, 0.717) is 64.8 Å². The number of hydrogen-bond donors (Lipinski definition) is 3. The molecule has 6 rings (SSSR count). The van der Waals surface area contributed by atoms with Crippen LogP contribution in [0.4, 0.5) is 10.1 Å². The second kappa shape index (κ2) is 13.5. The van der Waals surface area contributed by atoms with Gasteiger partial charge in [0.25, 0.3) is 5.91 Å². The predicted molar refractivity (Wildman–Crippen MR) is 178 cm³/mol. The van der Waals surface area contributed by atoms with Gasteiger partial charge in [-0.3, -0.25) is 14.5 Å². The Morgan fingerprint density at radius 2 is 1.83 bits per heavy atom. The lowest BCUT2D eigenvalue weighted by Crippen LogP contribution is -2.41. The average Bonchev–Trinajstić information content (AvgIpc) is 3.33. The van der Waals surface area contributed by atoms with Crippen LogP contribution in [0.25, 0.3) is 22.0 Å². The summed E-state index contributed by atoms with van der Waals surface area (Å²) < 4.78 is 53.8. The summed E-state index contributed by atoms with van der Waals surface area (Å²) >= 11 is 0. The van der Waals surface area contributed by atoms with Crippen molar-refractivity contribution in [3.63, 3.8) is 0 Å². The Morgan fingerprint density at radius 3 is 2.55 bits per heavy atom. The van der Waals surface area contributed by atoms with Gasteiger partial charge in [0.15, 0.2) is 0 Å². The summed E-state index contributed by atoms with van der Waals surface area (Å²) in [4.78, 5) is 27.2. The zero-order valence-corrected chi connectivity index (χ0v) is 27.8. The van der Waals surface area contributed by atoms with E-state index in [-0.39, 0.29) is 30.4 Å². The Kier molecular flexibility index (Phi) is 9.62. The molecule has 0 unspecified atom stereocenters. The van der Waals surface area contributed by atoms with Gasteiger partial charge in [0.2, 0.25) is 10.0 Å². The van der Waals surface area contributed by atoms with Crippen LogP contribution in [0.2, 0.25) is 0 Å². The third kappa shape index (κ3) is 7.48. The molecule has 0 radical (unpaired) electrons. The van der Waals surface area contributed by atoms with Crippen molar-refractivity contribution in [1.29, 1.82) is 0 Å². The van der Waals surface area contributed by atoms with Crippen molar-refractivity contribution in [2.75, 3.05) is 57.0 Å². The highest BCUT2D eigenvalue weighted by Crippen LogP contribution is 2.44. The standard InChI is InChI=1S/C34H44FN5O6S/c1-34(2)19-30-32(27-10-4-23(35)18-29(27)40(30)47(43,44)21-34)22-3-9-26(33(36)42)28(17-22)38-24-5-7-25(8-6-24)46-31(41)20-37-11-12-39-13-15-45-16-14-39/h3-4,9-10,17-18,24-25,37-38H,5-8,11-16,19-21H2,1-2H3,(H2,36,42). The van der Waals surface area contributed by atoms with Crippen LogP contribution < -0.4 is 16.4 Å². The van der Waals surface area contributed by atoms with E-state index >= 15 is 0 Å². The number of benzene rings is 2. The van der Waals surface area contributed by atoms with Crippen LogP contribution in [0.1, 0.15) is 55.6 Å². The summed E-state index contributed by atoms with van der Waals surface area (Å²) in [6.07, 6.45) is 3.11. The summed E-state index contributed by atoms with van der Waals surface area (Å²) in [5.74, 6) is -1.42. The molecule has 0 atom stereocenters. The smallest absolute Gasteiger partial charge is 0.320 e. The predicted octanol–water partition coefficient (Wildman–Crippen LogP) is 3.49.